The Kier molecular flexibility index (Phi) is 2.77. The standard InChI is InChI=1S/C9H7BrN4O/c10-8-7(2-1-3-11-8)9(15)14-6-4-12-13-5-6/h1-5H,(H,12,13)(H,14,15). The maximum atomic E-state index is 11.7. The van der Waals surface area contributed by atoms with Gasteiger partial charge in [-0.3, -0.25) is 9.89 Å². The Balaban J connectivity index is 2.19. The van der Waals surface area contributed by atoms with Gasteiger partial charge in [0, 0.05) is 12.4 Å². The van der Waals surface area contributed by atoms with Gasteiger partial charge in [0.05, 0.1) is 17.4 Å². The first-order valence-corrected chi connectivity index (χ1v) is 4.97. The highest BCUT2D eigenvalue weighted by molar-refractivity contribution is 9.10. The second-order valence-electron chi connectivity index (χ2n) is 2.78. The predicted molar refractivity (Wildman–Crippen MR) is 58.5 cm³/mol. The van der Waals surface area contributed by atoms with Crippen molar-refractivity contribution in [1.29, 1.82) is 0 Å². The van der Waals surface area contributed by atoms with Crippen LogP contribution in [-0.4, -0.2) is 21.1 Å². The lowest BCUT2D eigenvalue weighted by molar-refractivity contribution is 0.102. The average Bonchev–Trinajstić information content (AvgIpc) is 2.71. The largest absolute Gasteiger partial charge is 0.319 e. The summed E-state index contributed by atoms with van der Waals surface area (Å²) in [6.07, 6.45) is 4.74. The molecule has 0 bridgehead atoms. The highest BCUT2D eigenvalue weighted by Gasteiger charge is 2.10. The van der Waals surface area contributed by atoms with Gasteiger partial charge >= 0.3 is 0 Å². The number of hydrogen-bond donors (Lipinski definition) is 2. The van der Waals surface area contributed by atoms with E-state index in [9.17, 15) is 4.79 Å². The first-order chi connectivity index (χ1) is 7.27. The minimum Gasteiger partial charge on any atom is -0.319 e. The van der Waals surface area contributed by atoms with Crippen molar-refractivity contribution in [1.82, 2.24) is 15.2 Å². The van der Waals surface area contributed by atoms with Gasteiger partial charge in [0.2, 0.25) is 0 Å². The van der Waals surface area contributed by atoms with Gasteiger partial charge < -0.3 is 5.32 Å². The number of anilines is 1. The lowest BCUT2D eigenvalue weighted by atomic mass is 10.2. The number of nitrogens with one attached hydrogen (secondary N) is 2. The summed E-state index contributed by atoms with van der Waals surface area (Å²) >= 11 is 3.21. The van der Waals surface area contributed by atoms with Crippen molar-refractivity contribution >= 4 is 27.5 Å². The van der Waals surface area contributed by atoms with E-state index in [1.807, 2.05) is 0 Å². The Morgan fingerprint density at radius 3 is 3.07 bits per heavy atom. The van der Waals surface area contributed by atoms with Gasteiger partial charge in [-0.2, -0.15) is 5.10 Å². The Bertz CT molecular complexity index is 469. The van der Waals surface area contributed by atoms with Gasteiger partial charge in [-0.25, -0.2) is 4.98 Å². The molecular formula is C9H7BrN4O. The molecule has 1 amide bonds. The van der Waals surface area contributed by atoms with Crippen molar-refractivity contribution in [3.05, 3.63) is 40.9 Å². The third kappa shape index (κ3) is 2.21. The molecule has 0 aliphatic carbocycles. The molecule has 0 radical (unpaired) electrons. The molecule has 2 N–H and O–H groups in total. The van der Waals surface area contributed by atoms with E-state index in [1.54, 1.807) is 24.5 Å². The number of H-pyrrole nitrogens is 1. The quantitative estimate of drug-likeness (QED) is 0.815. The van der Waals surface area contributed by atoms with Crippen molar-refractivity contribution in [2.24, 2.45) is 0 Å². The molecular weight excluding hydrogens is 260 g/mol. The van der Waals surface area contributed by atoms with E-state index in [1.165, 1.54) is 6.20 Å². The van der Waals surface area contributed by atoms with Crippen LogP contribution in [0.3, 0.4) is 0 Å². The van der Waals surface area contributed by atoms with Crippen LogP contribution in [0.25, 0.3) is 0 Å². The number of carbonyl (C=O) groups is 1. The van der Waals surface area contributed by atoms with Gasteiger partial charge in [-0.1, -0.05) is 0 Å². The van der Waals surface area contributed by atoms with Crippen LogP contribution in [0.1, 0.15) is 10.4 Å². The summed E-state index contributed by atoms with van der Waals surface area (Å²) in [7, 11) is 0. The highest BCUT2D eigenvalue weighted by Crippen LogP contribution is 2.14. The van der Waals surface area contributed by atoms with E-state index in [2.05, 4.69) is 36.4 Å². The van der Waals surface area contributed by atoms with Crippen molar-refractivity contribution in [3.63, 3.8) is 0 Å². The minimum absolute atomic E-state index is 0.226. The SMILES string of the molecule is O=C(Nc1cn[nH]c1)c1cccnc1Br. The summed E-state index contributed by atoms with van der Waals surface area (Å²) in [6.45, 7) is 0. The summed E-state index contributed by atoms with van der Waals surface area (Å²) in [6, 6.07) is 3.39. The fourth-order valence-electron chi connectivity index (χ4n) is 1.07. The normalized spacial score (nSPS) is 9.93. The van der Waals surface area contributed by atoms with Gasteiger partial charge in [-0.15, -0.1) is 0 Å². The fourth-order valence-corrected chi connectivity index (χ4v) is 1.50. The van der Waals surface area contributed by atoms with E-state index < -0.39 is 0 Å². The van der Waals surface area contributed by atoms with Gasteiger partial charge in [-0.05, 0) is 28.1 Å². The van der Waals surface area contributed by atoms with Gasteiger partial charge in [0.1, 0.15) is 4.60 Å². The summed E-state index contributed by atoms with van der Waals surface area (Å²) in [4.78, 5) is 15.7. The number of halogens is 1. The Morgan fingerprint density at radius 2 is 2.40 bits per heavy atom. The highest BCUT2D eigenvalue weighted by atomic mass is 79.9. The van der Waals surface area contributed by atoms with E-state index in [-0.39, 0.29) is 5.91 Å². The molecule has 0 spiro atoms. The molecule has 0 aromatic carbocycles. The maximum Gasteiger partial charge on any atom is 0.258 e. The monoisotopic (exact) mass is 266 g/mol. The zero-order valence-corrected chi connectivity index (χ0v) is 9.15. The van der Waals surface area contributed by atoms with Crippen LogP contribution in [0.15, 0.2) is 35.3 Å². The number of amides is 1. The molecule has 0 atom stereocenters. The minimum atomic E-state index is -0.226. The molecule has 5 nitrogen and oxygen atoms in total. The van der Waals surface area contributed by atoms with E-state index in [0.29, 0.717) is 15.9 Å². The van der Waals surface area contributed by atoms with Crippen LogP contribution >= 0.6 is 15.9 Å². The molecule has 6 heteroatoms. The zero-order chi connectivity index (χ0) is 10.7. The van der Waals surface area contributed by atoms with Crippen molar-refractivity contribution < 1.29 is 4.79 Å². The lowest BCUT2D eigenvalue weighted by Crippen LogP contribution is -2.12. The van der Waals surface area contributed by atoms with Crippen LogP contribution in [0.2, 0.25) is 0 Å². The molecule has 0 aliphatic heterocycles. The molecule has 76 valence electrons. The Morgan fingerprint density at radius 1 is 1.53 bits per heavy atom. The number of carbonyl (C=O) groups excluding carboxylic acids is 1. The molecule has 0 unspecified atom stereocenters. The molecule has 2 heterocycles. The smallest absolute Gasteiger partial charge is 0.258 e. The fraction of sp³-hybridized carbons (Fsp3) is 0. The molecule has 0 aliphatic rings. The maximum absolute atomic E-state index is 11.7. The van der Waals surface area contributed by atoms with E-state index in [4.69, 9.17) is 0 Å². The van der Waals surface area contributed by atoms with Crippen LogP contribution in [-0.2, 0) is 0 Å². The zero-order valence-electron chi connectivity index (χ0n) is 7.57. The molecule has 0 saturated heterocycles. The van der Waals surface area contributed by atoms with E-state index in [0.717, 1.165) is 0 Å². The van der Waals surface area contributed by atoms with Crippen molar-refractivity contribution in [2.75, 3.05) is 5.32 Å². The summed E-state index contributed by atoms with van der Waals surface area (Å²) in [5.41, 5.74) is 1.11. The number of nitrogens with zero attached hydrogens (tertiary/aromatic N) is 2. The second kappa shape index (κ2) is 4.22. The van der Waals surface area contributed by atoms with Crippen molar-refractivity contribution in [2.45, 2.75) is 0 Å². The number of aromatic amines is 1. The molecule has 15 heavy (non-hydrogen) atoms. The molecule has 2 aromatic rings. The van der Waals surface area contributed by atoms with Crippen LogP contribution in [0.5, 0.6) is 0 Å². The number of hydrogen-bond acceptors (Lipinski definition) is 3. The van der Waals surface area contributed by atoms with E-state index >= 15 is 0 Å². The number of pyridine rings is 1. The van der Waals surface area contributed by atoms with Crippen LogP contribution in [0.4, 0.5) is 5.69 Å². The van der Waals surface area contributed by atoms with Crippen molar-refractivity contribution in [3.8, 4) is 0 Å². The molecule has 2 aromatic heterocycles. The summed E-state index contributed by atoms with van der Waals surface area (Å²) in [5.74, 6) is -0.226. The number of rotatable bonds is 2. The first-order valence-electron chi connectivity index (χ1n) is 4.18. The lowest BCUT2D eigenvalue weighted by Gasteiger charge is -2.02. The Hall–Kier alpha value is -1.69. The number of aromatic nitrogens is 3. The average molecular weight is 267 g/mol. The van der Waals surface area contributed by atoms with Gasteiger partial charge in [0.15, 0.2) is 0 Å². The molecule has 2 rings (SSSR count). The van der Waals surface area contributed by atoms with Gasteiger partial charge in [0.25, 0.3) is 5.91 Å². The van der Waals surface area contributed by atoms with Crippen LogP contribution in [0, 0.1) is 0 Å². The molecule has 0 fully saturated rings. The summed E-state index contributed by atoms with van der Waals surface area (Å²) in [5, 5.41) is 9.01. The second-order valence-corrected chi connectivity index (χ2v) is 3.53. The molecule has 0 saturated carbocycles. The first kappa shape index (κ1) is 9.85. The predicted octanol–water partition coefficient (Wildman–Crippen LogP) is 1.82. The Labute approximate surface area is 94.0 Å². The third-order valence-corrected chi connectivity index (χ3v) is 2.39. The van der Waals surface area contributed by atoms with Crippen LogP contribution < -0.4 is 5.32 Å². The third-order valence-electron chi connectivity index (χ3n) is 1.76. The topological polar surface area (TPSA) is 70.7 Å². The summed E-state index contributed by atoms with van der Waals surface area (Å²) < 4.78 is 0.519.